The molecule has 26 heavy (non-hydrogen) atoms. The largest absolute Gasteiger partial charge is 0.257 e. The molecule has 5 heteroatoms. The van der Waals surface area contributed by atoms with Gasteiger partial charge >= 0.3 is 0 Å². The number of hydrogen-bond acceptors (Lipinski definition) is 2. The number of nitrogens with zero attached hydrogens (tertiary/aromatic N) is 2. The van der Waals surface area contributed by atoms with Crippen LogP contribution in [0.5, 0.6) is 0 Å². The van der Waals surface area contributed by atoms with Gasteiger partial charge in [0.2, 0.25) is 0 Å². The second-order valence-electron chi connectivity index (χ2n) is 6.15. The average Bonchev–Trinajstić information content (AvgIpc) is 3.09. The summed E-state index contributed by atoms with van der Waals surface area (Å²) in [6, 6.07) is 22.4. The van der Waals surface area contributed by atoms with E-state index in [-0.39, 0.29) is 11.9 Å². The molecule has 3 aromatic rings. The van der Waals surface area contributed by atoms with Gasteiger partial charge in [-0.3, -0.25) is 5.01 Å². The number of hydrogen-bond donors (Lipinski definition) is 0. The first kappa shape index (κ1) is 17.3. The van der Waals surface area contributed by atoms with E-state index in [1.54, 1.807) is 0 Å². The molecule has 130 valence electrons. The first-order valence-corrected chi connectivity index (χ1v) is 9.41. The van der Waals surface area contributed by atoms with Crippen LogP contribution in [0.2, 0.25) is 5.02 Å². The molecule has 1 aliphatic rings. The maximum atomic E-state index is 13.4. The molecule has 3 aromatic carbocycles. The molecule has 1 aliphatic heterocycles. The normalized spacial score (nSPS) is 16.7. The molecule has 0 aliphatic carbocycles. The van der Waals surface area contributed by atoms with Crippen molar-refractivity contribution in [2.45, 2.75) is 12.5 Å². The van der Waals surface area contributed by atoms with Crippen LogP contribution in [0.3, 0.4) is 0 Å². The highest BCUT2D eigenvalue weighted by Crippen LogP contribution is 2.37. The second kappa shape index (κ2) is 7.22. The van der Waals surface area contributed by atoms with Crippen molar-refractivity contribution in [3.63, 3.8) is 0 Å². The molecule has 1 unspecified atom stereocenters. The lowest BCUT2D eigenvalue weighted by molar-refractivity contribution is 0.624. The molecule has 2 nitrogen and oxygen atoms in total. The Kier molecular flexibility index (Phi) is 4.79. The zero-order chi connectivity index (χ0) is 18.1. The molecule has 0 N–H and O–H groups in total. The predicted octanol–water partition coefficient (Wildman–Crippen LogP) is 6.60. The Morgan fingerprint density at radius 1 is 0.923 bits per heavy atom. The van der Waals surface area contributed by atoms with Crippen molar-refractivity contribution in [1.82, 2.24) is 0 Å². The highest BCUT2D eigenvalue weighted by molar-refractivity contribution is 9.10. The minimum absolute atomic E-state index is 0.0162. The van der Waals surface area contributed by atoms with E-state index in [0.29, 0.717) is 5.02 Å². The van der Waals surface area contributed by atoms with Crippen molar-refractivity contribution in [3.05, 3.63) is 99.2 Å². The lowest BCUT2D eigenvalue weighted by atomic mass is 9.98. The fourth-order valence-electron chi connectivity index (χ4n) is 3.10. The number of halogens is 3. The monoisotopic (exact) mass is 428 g/mol. The third-order valence-electron chi connectivity index (χ3n) is 4.43. The fourth-order valence-corrected chi connectivity index (χ4v) is 3.49. The SMILES string of the molecule is Fc1ccc(C2CC(c3ccc(Cl)cc3)=NN2c2ccc(Br)cc2)cc1. The van der Waals surface area contributed by atoms with Gasteiger partial charge < -0.3 is 0 Å². The molecule has 0 amide bonds. The van der Waals surface area contributed by atoms with Gasteiger partial charge in [0.05, 0.1) is 17.4 Å². The highest BCUT2D eigenvalue weighted by Gasteiger charge is 2.29. The summed E-state index contributed by atoms with van der Waals surface area (Å²) in [4.78, 5) is 0. The van der Waals surface area contributed by atoms with Crippen LogP contribution in [0.25, 0.3) is 0 Å². The maximum absolute atomic E-state index is 13.4. The Balaban J connectivity index is 1.74. The zero-order valence-electron chi connectivity index (χ0n) is 13.7. The minimum atomic E-state index is -0.235. The molecular weight excluding hydrogens is 415 g/mol. The molecule has 1 atom stereocenters. The lowest BCUT2D eigenvalue weighted by Gasteiger charge is -2.24. The summed E-state index contributed by atoms with van der Waals surface area (Å²) >= 11 is 9.48. The molecular formula is C21H15BrClFN2. The average molecular weight is 430 g/mol. The van der Waals surface area contributed by atoms with E-state index in [1.807, 2.05) is 65.7 Å². The van der Waals surface area contributed by atoms with Gasteiger partial charge in [-0.2, -0.15) is 5.10 Å². The van der Waals surface area contributed by atoms with Crippen molar-refractivity contribution in [2.24, 2.45) is 5.10 Å². The van der Waals surface area contributed by atoms with Crippen LogP contribution in [0.4, 0.5) is 10.1 Å². The van der Waals surface area contributed by atoms with Gasteiger partial charge in [0.1, 0.15) is 5.82 Å². The summed E-state index contributed by atoms with van der Waals surface area (Å²) in [5.74, 6) is -0.235. The van der Waals surface area contributed by atoms with Crippen LogP contribution in [0, 0.1) is 5.82 Å². The first-order chi connectivity index (χ1) is 12.6. The Morgan fingerprint density at radius 3 is 2.23 bits per heavy atom. The highest BCUT2D eigenvalue weighted by atomic mass is 79.9. The Morgan fingerprint density at radius 2 is 1.58 bits per heavy atom. The van der Waals surface area contributed by atoms with E-state index in [9.17, 15) is 4.39 Å². The topological polar surface area (TPSA) is 15.6 Å². The third-order valence-corrected chi connectivity index (χ3v) is 5.21. The van der Waals surface area contributed by atoms with Crippen molar-refractivity contribution in [2.75, 3.05) is 5.01 Å². The molecule has 0 aromatic heterocycles. The number of hydrazone groups is 1. The summed E-state index contributed by atoms with van der Waals surface area (Å²) in [6.07, 6.45) is 0.739. The second-order valence-corrected chi connectivity index (χ2v) is 7.50. The number of benzene rings is 3. The molecule has 0 fully saturated rings. The molecule has 4 rings (SSSR count). The standard InChI is InChI=1S/C21H15BrClFN2/c22-16-5-11-19(12-6-16)26-21(15-3-9-18(24)10-4-15)13-20(25-26)14-1-7-17(23)8-2-14/h1-12,21H,13H2. The van der Waals surface area contributed by atoms with Crippen LogP contribution < -0.4 is 5.01 Å². The maximum Gasteiger partial charge on any atom is 0.123 e. The molecule has 1 heterocycles. The van der Waals surface area contributed by atoms with Crippen molar-refractivity contribution < 1.29 is 4.39 Å². The summed E-state index contributed by atoms with van der Waals surface area (Å²) in [6.45, 7) is 0. The van der Waals surface area contributed by atoms with Crippen LogP contribution in [-0.2, 0) is 0 Å². The van der Waals surface area contributed by atoms with Gasteiger partial charge in [-0.25, -0.2) is 4.39 Å². The molecule has 0 bridgehead atoms. The smallest absolute Gasteiger partial charge is 0.123 e. The van der Waals surface area contributed by atoms with E-state index in [1.165, 1.54) is 12.1 Å². The quantitative estimate of drug-likeness (QED) is 0.458. The zero-order valence-corrected chi connectivity index (χ0v) is 16.1. The van der Waals surface area contributed by atoms with E-state index >= 15 is 0 Å². The lowest BCUT2D eigenvalue weighted by Crippen LogP contribution is -2.18. The van der Waals surface area contributed by atoms with Gasteiger partial charge in [-0.05, 0) is 59.7 Å². The molecule has 0 saturated heterocycles. The van der Waals surface area contributed by atoms with Gasteiger partial charge in [0.25, 0.3) is 0 Å². The van der Waals surface area contributed by atoms with Gasteiger partial charge in [0.15, 0.2) is 0 Å². The van der Waals surface area contributed by atoms with E-state index < -0.39 is 0 Å². The molecule has 0 spiro atoms. The molecule has 0 radical (unpaired) electrons. The number of rotatable bonds is 3. The van der Waals surface area contributed by atoms with Gasteiger partial charge in [0, 0.05) is 15.9 Å². The summed E-state index contributed by atoms with van der Waals surface area (Å²) in [7, 11) is 0. The minimum Gasteiger partial charge on any atom is -0.257 e. The molecule has 0 saturated carbocycles. The van der Waals surface area contributed by atoms with Crippen molar-refractivity contribution >= 4 is 38.9 Å². The van der Waals surface area contributed by atoms with E-state index in [2.05, 4.69) is 15.9 Å². The third kappa shape index (κ3) is 3.53. The Labute approximate surface area is 165 Å². The van der Waals surface area contributed by atoms with E-state index in [0.717, 1.165) is 33.4 Å². The van der Waals surface area contributed by atoms with Crippen LogP contribution >= 0.6 is 27.5 Å². The van der Waals surface area contributed by atoms with Crippen molar-refractivity contribution in [1.29, 1.82) is 0 Å². The Hall–Kier alpha value is -2.17. The predicted molar refractivity (Wildman–Crippen MR) is 108 cm³/mol. The van der Waals surface area contributed by atoms with Crippen LogP contribution in [-0.4, -0.2) is 5.71 Å². The Bertz CT molecular complexity index is 937. The summed E-state index contributed by atoms with van der Waals surface area (Å²) in [5.41, 5.74) is 4.05. The summed E-state index contributed by atoms with van der Waals surface area (Å²) < 4.78 is 14.4. The van der Waals surface area contributed by atoms with Gasteiger partial charge in [-0.15, -0.1) is 0 Å². The van der Waals surface area contributed by atoms with Crippen LogP contribution in [0.15, 0.2) is 82.4 Å². The fraction of sp³-hybridized carbons (Fsp3) is 0.0952. The first-order valence-electron chi connectivity index (χ1n) is 8.24. The number of anilines is 1. The summed E-state index contributed by atoms with van der Waals surface area (Å²) in [5, 5.41) is 7.57. The van der Waals surface area contributed by atoms with Crippen LogP contribution in [0.1, 0.15) is 23.6 Å². The van der Waals surface area contributed by atoms with Crippen molar-refractivity contribution in [3.8, 4) is 0 Å². The van der Waals surface area contributed by atoms with Gasteiger partial charge in [-0.1, -0.05) is 51.8 Å². The van der Waals surface area contributed by atoms with E-state index in [4.69, 9.17) is 16.7 Å².